The smallest absolute Gasteiger partial charge is 0.225 e. The van der Waals surface area contributed by atoms with E-state index >= 15 is 0 Å². The van der Waals surface area contributed by atoms with Crippen LogP contribution in [0.2, 0.25) is 0 Å². The Morgan fingerprint density at radius 3 is 3.05 bits per heavy atom. The maximum Gasteiger partial charge on any atom is 0.225 e. The van der Waals surface area contributed by atoms with Crippen LogP contribution in [0.4, 0.5) is 4.39 Å². The van der Waals surface area contributed by atoms with Crippen LogP contribution in [0.1, 0.15) is 30.9 Å². The third-order valence-corrected chi connectivity index (χ3v) is 3.82. The number of hydrogen-bond donors (Lipinski definition) is 1. The van der Waals surface area contributed by atoms with Crippen molar-refractivity contribution in [3.05, 3.63) is 35.1 Å². The van der Waals surface area contributed by atoms with Crippen molar-refractivity contribution in [2.45, 2.75) is 39.0 Å². The van der Waals surface area contributed by atoms with Crippen LogP contribution in [-0.4, -0.2) is 25.7 Å². The van der Waals surface area contributed by atoms with Gasteiger partial charge in [0.05, 0.1) is 18.6 Å². The summed E-state index contributed by atoms with van der Waals surface area (Å²) in [7, 11) is 1.53. The predicted molar refractivity (Wildman–Crippen MR) is 77.1 cm³/mol. The van der Waals surface area contributed by atoms with Gasteiger partial charge in [-0.3, -0.25) is 4.79 Å². The zero-order chi connectivity index (χ0) is 15.2. The highest BCUT2D eigenvalue weighted by atomic mass is 19.1. The van der Waals surface area contributed by atoms with Crippen molar-refractivity contribution in [1.82, 2.24) is 5.32 Å². The Kier molecular flexibility index (Phi) is 5.70. The second-order valence-corrected chi connectivity index (χ2v) is 5.40. The molecule has 1 amide bonds. The molecule has 1 heterocycles. The Balaban J connectivity index is 1.93. The molecule has 0 spiro atoms. The van der Waals surface area contributed by atoms with E-state index in [0.717, 1.165) is 25.0 Å². The first-order valence-corrected chi connectivity index (χ1v) is 7.27. The average Bonchev–Trinajstić information content (AvgIpc) is 2.48. The van der Waals surface area contributed by atoms with E-state index in [0.29, 0.717) is 12.1 Å². The molecular formula is C16H22FNO3. The number of carbonyl (C=O) groups is 1. The molecule has 4 nitrogen and oxygen atoms in total. The lowest BCUT2D eigenvalue weighted by Crippen LogP contribution is -2.39. The summed E-state index contributed by atoms with van der Waals surface area (Å²) < 4.78 is 24.0. The monoisotopic (exact) mass is 295 g/mol. The maximum atomic E-state index is 13.5. The van der Waals surface area contributed by atoms with Crippen LogP contribution in [0.3, 0.4) is 0 Å². The van der Waals surface area contributed by atoms with E-state index in [4.69, 9.17) is 9.47 Å². The van der Waals surface area contributed by atoms with Gasteiger partial charge in [-0.25, -0.2) is 4.39 Å². The SMILES string of the molecule is COCc1cc(CNC(=O)C2CCCOC2C)ccc1F. The first-order chi connectivity index (χ1) is 10.1. The molecule has 2 unspecified atom stereocenters. The molecule has 0 radical (unpaired) electrons. The third kappa shape index (κ3) is 4.25. The van der Waals surface area contributed by atoms with Gasteiger partial charge in [-0.05, 0) is 37.5 Å². The van der Waals surface area contributed by atoms with E-state index in [9.17, 15) is 9.18 Å². The second kappa shape index (κ2) is 7.52. The molecule has 1 aromatic rings. The molecule has 0 saturated carbocycles. The Bertz CT molecular complexity index is 492. The van der Waals surface area contributed by atoms with E-state index in [-0.39, 0.29) is 30.4 Å². The molecule has 2 atom stereocenters. The van der Waals surface area contributed by atoms with Crippen molar-refractivity contribution in [3.8, 4) is 0 Å². The van der Waals surface area contributed by atoms with Gasteiger partial charge >= 0.3 is 0 Å². The van der Waals surface area contributed by atoms with Crippen LogP contribution in [0.15, 0.2) is 18.2 Å². The molecule has 1 aliphatic rings. The van der Waals surface area contributed by atoms with Gasteiger partial charge in [-0.2, -0.15) is 0 Å². The van der Waals surface area contributed by atoms with Crippen molar-refractivity contribution in [3.63, 3.8) is 0 Å². The fourth-order valence-corrected chi connectivity index (χ4v) is 2.59. The predicted octanol–water partition coefficient (Wildman–Crippen LogP) is 2.40. The fraction of sp³-hybridized carbons (Fsp3) is 0.562. The number of ether oxygens (including phenoxy) is 2. The minimum absolute atomic E-state index is 0.000170. The number of nitrogens with one attached hydrogen (secondary N) is 1. The van der Waals surface area contributed by atoms with Gasteiger partial charge < -0.3 is 14.8 Å². The third-order valence-electron chi connectivity index (χ3n) is 3.82. The number of amides is 1. The summed E-state index contributed by atoms with van der Waals surface area (Å²) in [5.41, 5.74) is 1.36. The van der Waals surface area contributed by atoms with Crippen molar-refractivity contribution >= 4 is 5.91 Å². The molecule has 1 saturated heterocycles. The number of hydrogen-bond acceptors (Lipinski definition) is 3. The summed E-state index contributed by atoms with van der Waals surface area (Å²) >= 11 is 0. The largest absolute Gasteiger partial charge is 0.380 e. The van der Waals surface area contributed by atoms with Gasteiger partial charge in [-0.1, -0.05) is 6.07 Å². The number of benzene rings is 1. The molecule has 1 fully saturated rings. The molecule has 5 heteroatoms. The molecule has 2 rings (SSSR count). The Morgan fingerprint density at radius 1 is 1.52 bits per heavy atom. The van der Waals surface area contributed by atoms with Crippen LogP contribution in [0, 0.1) is 11.7 Å². The molecular weight excluding hydrogens is 273 g/mol. The van der Waals surface area contributed by atoms with Gasteiger partial charge in [-0.15, -0.1) is 0 Å². The second-order valence-electron chi connectivity index (χ2n) is 5.40. The Hall–Kier alpha value is -1.46. The van der Waals surface area contributed by atoms with Gasteiger partial charge in [0.1, 0.15) is 5.82 Å². The summed E-state index contributed by atoms with van der Waals surface area (Å²) in [4.78, 5) is 12.2. The van der Waals surface area contributed by atoms with E-state index in [2.05, 4.69) is 5.32 Å². The van der Waals surface area contributed by atoms with E-state index in [1.807, 2.05) is 6.92 Å². The van der Waals surface area contributed by atoms with Crippen LogP contribution in [0.25, 0.3) is 0 Å². The maximum absolute atomic E-state index is 13.5. The Labute approximate surface area is 124 Å². The molecule has 0 aliphatic carbocycles. The van der Waals surface area contributed by atoms with Crippen LogP contribution < -0.4 is 5.32 Å². The lowest BCUT2D eigenvalue weighted by molar-refractivity contribution is -0.133. The number of methoxy groups -OCH3 is 1. The van der Waals surface area contributed by atoms with Crippen LogP contribution in [0.5, 0.6) is 0 Å². The van der Waals surface area contributed by atoms with Crippen LogP contribution >= 0.6 is 0 Å². The molecule has 1 aliphatic heterocycles. The molecule has 116 valence electrons. The lowest BCUT2D eigenvalue weighted by atomic mass is 9.94. The van der Waals surface area contributed by atoms with E-state index in [1.165, 1.54) is 13.2 Å². The summed E-state index contributed by atoms with van der Waals surface area (Å²) in [6, 6.07) is 4.80. The first-order valence-electron chi connectivity index (χ1n) is 7.27. The summed E-state index contributed by atoms with van der Waals surface area (Å²) in [6.07, 6.45) is 1.72. The van der Waals surface area contributed by atoms with Crippen LogP contribution in [-0.2, 0) is 27.4 Å². The highest BCUT2D eigenvalue weighted by Gasteiger charge is 2.28. The van der Waals surface area contributed by atoms with Crippen molar-refractivity contribution < 1.29 is 18.7 Å². The van der Waals surface area contributed by atoms with E-state index in [1.54, 1.807) is 12.1 Å². The van der Waals surface area contributed by atoms with Crippen molar-refractivity contribution in [2.75, 3.05) is 13.7 Å². The number of halogens is 1. The van der Waals surface area contributed by atoms with E-state index < -0.39 is 0 Å². The topological polar surface area (TPSA) is 47.6 Å². The van der Waals surface area contributed by atoms with Crippen molar-refractivity contribution in [2.24, 2.45) is 5.92 Å². The lowest BCUT2D eigenvalue weighted by Gasteiger charge is -2.28. The van der Waals surface area contributed by atoms with Gasteiger partial charge in [0.25, 0.3) is 0 Å². The van der Waals surface area contributed by atoms with Gasteiger partial charge in [0, 0.05) is 25.8 Å². The average molecular weight is 295 g/mol. The highest BCUT2D eigenvalue weighted by molar-refractivity contribution is 5.79. The fourth-order valence-electron chi connectivity index (χ4n) is 2.59. The summed E-state index contributed by atoms with van der Waals surface area (Å²) in [6.45, 7) is 3.27. The quantitative estimate of drug-likeness (QED) is 0.907. The minimum atomic E-state index is -0.291. The summed E-state index contributed by atoms with van der Waals surface area (Å²) in [5.74, 6) is -0.390. The molecule has 21 heavy (non-hydrogen) atoms. The van der Waals surface area contributed by atoms with Crippen molar-refractivity contribution in [1.29, 1.82) is 0 Å². The number of carbonyl (C=O) groups excluding carboxylic acids is 1. The Morgan fingerprint density at radius 2 is 2.33 bits per heavy atom. The molecule has 0 aromatic heterocycles. The standard InChI is InChI=1S/C16H22FNO3/c1-11-14(4-3-7-21-11)16(19)18-9-12-5-6-15(17)13(8-12)10-20-2/h5-6,8,11,14H,3-4,7,9-10H2,1-2H3,(H,18,19). The molecule has 0 bridgehead atoms. The van der Waals surface area contributed by atoms with Gasteiger partial charge in [0.2, 0.25) is 5.91 Å². The summed E-state index contributed by atoms with van der Waals surface area (Å²) in [5, 5.41) is 2.91. The minimum Gasteiger partial charge on any atom is -0.380 e. The zero-order valence-corrected chi connectivity index (χ0v) is 12.5. The molecule has 1 aromatic carbocycles. The first kappa shape index (κ1) is 15.9. The molecule has 1 N–H and O–H groups in total. The highest BCUT2D eigenvalue weighted by Crippen LogP contribution is 2.20. The zero-order valence-electron chi connectivity index (χ0n) is 12.5. The number of rotatable bonds is 5. The van der Waals surface area contributed by atoms with Gasteiger partial charge in [0.15, 0.2) is 0 Å². The normalized spacial score (nSPS) is 22.0.